The summed E-state index contributed by atoms with van der Waals surface area (Å²) in [5.74, 6) is -1.12. The molecule has 0 saturated carbocycles. The Bertz CT molecular complexity index is 719. The van der Waals surface area contributed by atoms with Gasteiger partial charge in [-0.2, -0.15) is 8.42 Å². The third-order valence-electron chi connectivity index (χ3n) is 3.47. The highest BCUT2D eigenvalue weighted by molar-refractivity contribution is 7.87. The number of hydrogen-bond donors (Lipinski definition) is 1. The van der Waals surface area contributed by atoms with Crippen molar-refractivity contribution in [3.05, 3.63) is 23.8 Å². The summed E-state index contributed by atoms with van der Waals surface area (Å²) in [5.41, 5.74) is 1.02. The lowest BCUT2D eigenvalue weighted by molar-refractivity contribution is -0.117. The number of rotatable bonds is 4. The molecule has 0 radical (unpaired) electrons. The molecule has 1 heterocycles. The molecule has 1 aromatic carbocycles. The molecule has 1 amide bonds. The first kappa shape index (κ1) is 16.2. The van der Waals surface area contributed by atoms with E-state index >= 15 is 0 Å². The van der Waals surface area contributed by atoms with Crippen molar-refractivity contribution in [1.82, 2.24) is 0 Å². The number of methoxy groups -OCH3 is 1. The number of ether oxygens (including phenoxy) is 1. The maximum absolute atomic E-state index is 13.1. The van der Waals surface area contributed by atoms with Gasteiger partial charge >= 0.3 is 16.2 Å². The minimum Gasteiger partial charge on any atom is -0.465 e. The smallest absolute Gasteiger partial charge is 0.337 e. The standard InChI is InChI=1S/C13H15FN2O5S/c1-15-10-4-3-8(13(18)21-2)5-11(10)16-7-9(6-12(16)17)22(14,19)20/h3-5,9,15H,6-7H2,1-2H3. The van der Waals surface area contributed by atoms with Crippen LogP contribution in [0.3, 0.4) is 0 Å². The van der Waals surface area contributed by atoms with Gasteiger partial charge in [-0.05, 0) is 18.2 Å². The second-order valence-corrected chi connectivity index (χ2v) is 6.40. The number of nitrogens with zero attached hydrogens (tertiary/aromatic N) is 1. The summed E-state index contributed by atoms with van der Waals surface area (Å²) < 4.78 is 39.7. The lowest BCUT2D eigenvalue weighted by Gasteiger charge is -2.20. The summed E-state index contributed by atoms with van der Waals surface area (Å²) in [7, 11) is -1.97. The van der Waals surface area contributed by atoms with Crippen LogP contribution in [0.2, 0.25) is 0 Å². The average molecular weight is 330 g/mol. The zero-order valence-corrected chi connectivity index (χ0v) is 12.8. The van der Waals surface area contributed by atoms with Crippen LogP contribution < -0.4 is 10.2 Å². The number of halogens is 1. The van der Waals surface area contributed by atoms with Gasteiger partial charge in [0, 0.05) is 20.0 Å². The Morgan fingerprint density at radius 3 is 2.64 bits per heavy atom. The van der Waals surface area contributed by atoms with Gasteiger partial charge in [-0.3, -0.25) is 4.79 Å². The summed E-state index contributed by atoms with van der Waals surface area (Å²) in [5, 5.41) is 1.44. The van der Waals surface area contributed by atoms with Gasteiger partial charge in [0.15, 0.2) is 0 Å². The van der Waals surface area contributed by atoms with Gasteiger partial charge in [0.25, 0.3) is 0 Å². The van der Waals surface area contributed by atoms with Crippen molar-refractivity contribution in [2.45, 2.75) is 11.7 Å². The van der Waals surface area contributed by atoms with Crippen LogP contribution in [0.5, 0.6) is 0 Å². The van der Waals surface area contributed by atoms with E-state index in [4.69, 9.17) is 0 Å². The van der Waals surface area contributed by atoms with Crippen LogP contribution in [-0.2, 0) is 19.8 Å². The van der Waals surface area contributed by atoms with E-state index in [-0.39, 0.29) is 12.1 Å². The molecule has 1 unspecified atom stereocenters. The second-order valence-electron chi connectivity index (χ2n) is 4.78. The van der Waals surface area contributed by atoms with Crippen molar-refractivity contribution in [3.8, 4) is 0 Å². The number of carbonyl (C=O) groups excluding carboxylic acids is 2. The number of amides is 1. The van der Waals surface area contributed by atoms with Gasteiger partial charge in [0.1, 0.15) is 5.25 Å². The van der Waals surface area contributed by atoms with E-state index in [1.165, 1.54) is 19.2 Å². The van der Waals surface area contributed by atoms with E-state index in [1.807, 2.05) is 0 Å². The molecule has 2 rings (SSSR count). The molecule has 1 atom stereocenters. The van der Waals surface area contributed by atoms with Gasteiger partial charge in [-0.25, -0.2) is 4.79 Å². The summed E-state index contributed by atoms with van der Waals surface area (Å²) in [6.45, 7) is -0.295. The Hall–Kier alpha value is -2.16. The molecule has 120 valence electrons. The van der Waals surface area contributed by atoms with Gasteiger partial charge < -0.3 is 15.0 Å². The van der Waals surface area contributed by atoms with Crippen LogP contribution in [-0.4, -0.2) is 46.2 Å². The predicted molar refractivity (Wildman–Crippen MR) is 78.1 cm³/mol. The molecular weight excluding hydrogens is 315 g/mol. The van der Waals surface area contributed by atoms with Crippen LogP contribution in [0.25, 0.3) is 0 Å². The first-order valence-electron chi connectivity index (χ1n) is 6.42. The molecule has 1 N–H and O–H groups in total. The number of anilines is 2. The van der Waals surface area contributed by atoms with Crippen LogP contribution in [0, 0.1) is 0 Å². The van der Waals surface area contributed by atoms with Crippen LogP contribution in [0.1, 0.15) is 16.8 Å². The maximum atomic E-state index is 13.1. The molecule has 0 bridgehead atoms. The summed E-state index contributed by atoms with van der Waals surface area (Å²) in [4.78, 5) is 24.7. The quantitative estimate of drug-likeness (QED) is 0.652. The molecular formula is C13H15FN2O5S. The van der Waals surface area contributed by atoms with Gasteiger partial charge in [0.2, 0.25) is 5.91 Å². The van der Waals surface area contributed by atoms with Gasteiger partial charge in [-0.15, -0.1) is 3.89 Å². The molecule has 1 fully saturated rings. The Morgan fingerprint density at radius 2 is 2.14 bits per heavy atom. The third-order valence-corrected chi connectivity index (χ3v) is 4.58. The Balaban J connectivity index is 2.43. The van der Waals surface area contributed by atoms with E-state index in [0.29, 0.717) is 11.4 Å². The SMILES string of the molecule is CNc1ccc(C(=O)OC)cc1N1CC(S(=O)(=O)F)CC1=O. The van der Waals surface area contributed by atoms with Crippen molar-refractivity contribution in [2.24, 2.45) is 0 Å². The minimum absolute atomic E-state index is 0.204. The van der Waals surface area contributed by atoms with E-state index in [0.717, 1.165) is 4.90 Å². The minimum atomic E-state index is -4.80. The molecule has 9 heteroatoms. The number of hydrogen-bond acceptors (Lipinski definition) is 6. The maximum Gasteiger partial charge on any atom is 0.337 e. The first-order valence-corrected chi connectivity index (χ1v) is 7.86. The number of benzene rings is 1. The summed E-state index contributed by atoms with van der Waals surface area (Å²) in [6, 6.07) is 4.47. The van der Waals surface area contributed by atoms with Crippen molar-refractivity contribution >= 4 is 33.5 Å². The monoisotopic (exact) mass is 330 g/mol. The Kier molecular flexibility index (Phi) is 4.36. The highest BCUT2D eigenvalue weighted by Gasteiger charge is 2.39. The van der Waals surface area contributed by atoms with E-state index < -0.39 is 33.8 Å². The van der Waals surface area contributed by atoms with Crippen molar-refractivity contribution < 1.29 is 26.6 Å². The average Bonchev–Trinajstić information content (AvgIpc) is 2.87. The predicted octanol–water partition coefficient (Wildman–Crippen LogP) is 0.919. The molecule has 0 aromatic heterocycles. The fourth-order valence-electron chi connectivity index (χ4n) is 2.31. The highest BCUT2D eigenvalue weighted by atomic mass is 32.3. The molecule has 1 aromatic rings. The lowest BCUT2D eigenvalue weighted by Crippen LogP contribution is -2.27. The molecule has 1 saturated heterocycles. The largest absolute Gasteiger partial charge is 0.465 e. The van der Waals surface area contributed by atoms with Gasteiger partial charge in [0.05, 0.1) is 24.0 Å². The van der Waals surface area contributed by atoms with Gasteiger partial charge in [-0.1, -0.05) is 0 Å². The molecule has 22 heavy (non-hydrogen) atoms. The summed E-state index contributed by atoms with van der Waals surface area (Å²) >= 11 is 0. The Labute approximate surface area is 127 Å². The first-order chi connectivity index (χ1) is 10.3. The van der Waals surface area contributed by atoms with E-state index in [2.05, 4.69) is 10.1 Å². The molecule has 0 spiro atoms. The van der Waals surface area contributed by atoms with Crippen molar-refractivity contribution in [2.75, 3.05) is 30.9 Å². The lowest BCUT2D eigenvalue weighted by atomic mass is 10.1. The van der Waals surface area contributed by atoms with Crippen LogP contribution >= 0.6 is 0 Å². The van der Waals surface area contributed by atoms with Crippen molar-refractivity contribution in [1.29, 1.82) is 0 Å². The normalized spacial score (nSPS) is 18.4. The number of nitrogens with one attached hydrogen (secondary N) is 1. The molecule has 7 nitrogen and oxygen atoms in total. The fraction of sp³-hybridized carbons (Fsp3) is 0.385. The Morgan fingerprint density at radius 1 is 1.45 bits per heavy atom. The second kappa shape index (κ2) is 5.91. The topological polar surface area (TPSA) is 92.8 Å². The number of esters is 1. The van der Waals surface area contributed by atoms with E-state index in [1.54, 1.807) is 13.1 Å². The zero-order valence-electron chi connectivity index (χ0n) is 12.0. The zero-order chi connectivity index (χ0) is 16.5. The fourth-order valence-corrected chi connectivity index (χ4v) is 2.98. The van der Waals surface area contributed by atoms with Crippen molar-refractivity contribution in [3.63, 3.8) is 0 Å². The third kappa shape index (κ3) is 3.03. The molecule has 1 aliphatic rings. The van der Waals surface area contributed by atoms with Crippen LogP contribution in [0.4, 0.5) is 15.3 Å². The number of carbonyl (C=O) groups is 2. The highest BCUT2D eigenvalue weighted by Crippen LogP contribution is 2.32. The van der Waals surface area contributed by atoms with Crippen LogP contribution in [0.15, 0.2) is 18.2 Å². The van der Waals surface area contributed by atoms with E-state index in [9.17, 15) is 21.9 Å². The molecule has 1 aliphatic heterocycles. The molecule has 0 aliphatic carbocycles. The summed E-state index contributed by atoms with van der Waals surface area (Å²) in [6.07, 6.45) is -0.426.